The molecule has 0 amide bonds. The highest BCUT2D eigenvalue weighted by atomic mass is 16.5. The van der Waals surface area contributed by atoms with Crippen LogP contribution in [0.4, 0.5) is 5.95 Å². The van der Waals surface area contributed by atoms with Gasteiger partial charge >= 0.3 is 0 Å². The number of hydrogen-bond donors (Lipinski definition) is 2. The van der Waals surface area contributed by atoms with Crippen molar-refractivity contribution in [2.45, 2.75) is 37.8 Å². The summed E-state index contributed by atoms with van der Waals surface area (Å²) in [5.74, 6) is 0.709. The van der Waals surface area contributed by atoms with Crippen LogP contribution in [0.25, 0.3) is 0 Å². The standard InChI is InChI=1S/C13H20N4O/c1-10-7-15-12(16-8-10)17-11-6-13(18-9-11)2-4-14-5-3-13/h7-8,11,14H,2-6,9H2,1H3,(H,15,16,17)/t11-/m0/s1. The van der Waals surface area contributed by atoms with E-state index in [0.29, 0.717) is 12.0 Å². The maximum Gasteiger partial charge on any atom is 0.222 e. The Morgan fingerprint density at radius 1 is 1.33 bits per heavy atom. The summed E-state index contributed by atoms with van der Waals surface area (Å²) in [5, 5.41) is 6.75. The number of piperidine rings is 1. The molecule has 5 heteroatoms. The van der Waals surface area contributed by atoms with Crippen molar-refractivity contribution < 1.29 is 4.74 Å². The van der Waals surface area contributed by atoms with Crippen LogP contribution in [0.1, 0.15) is 24.8 Å². The number of aromatic nitrogens is 2. The summed E-state index contributed by atoms with van der Waals surface area (Å²) < 4.78 is 6.03. The molecule has 0 saturated carbocycles. The molecule has 2 aliphatic rings. The smallest absolute Gasteiger partial charge is 0.222 e. The number of anilines is 1. The van der Waals surface area contributed by atoms with Gasteiger partial charge in [0.05, 0.1) is 18.2 Å². The molecule has 1 aromatic rings. The largest absolute Gasteiger partial charge is 0.373 e. The minimum Gasteiger partial charge on any atom is -0.373 e. The zero-order valence-electron chi connectivity index (χ0n) is 10.8. The molecule has 2 N–H and O–H groups in total. The molecule has 18 heavy (non-hydrogen) atoms. The van der Waals surface area contributed by atoms with Crippen LogP contribution in [0.2, 0.25) is 0 Å². The van der Waals surface area contributed by atoms with Gasteiger partial charge in [0.25, 0.3) is 0 Å². The summed E-state index contributed by atoms with van der Waals surface area (Å²) in [6, 6.07) is 0.339. The molecule has 3 rings (SSSR count). The number of nitrogens with zero attached hydrogens (tertiary/aromatic N) is 2. The van der Waals surface area contributed by atoms with E-state index in [0.717, 1.165) is 44.5 Å². The highest BCUT2D eigenvalue weighted by molar-refractivity contribution is 5.27. The van der Waals surface area contributed by atoms with E-state index >= 15 is 0 Å². The van der Waals surface area contributed by atoms with Crippen molar-refractivity contribution in [2.75, 3.05) is 25.0 Å². The van der Waals surface area contributed by atoms with Gasteiger partial charge in [-0.15, -0.1) is 0 Å². The van der Waals surface area contributed by atoms with Crippen molar-refractivity contribution in [3.63, 3.8) is 0 Å². The lowest BCUT2D eigenvalue weighted by Gasteiger charge is -2.32. The number of nitrogens with one attached hydrogen (secondary N) is 2. The van der Waals surface area contributed by atoms with Crippen LogP contribution >= 0.6 is 0 Å². The Hall–Kier alpha value is -1.20. The van der Waals surface area contributed by atoms with Gasteiger partial charge in [-0.2, -0.15) is 0 Å². The molecule has 0 radical (unpaired) electrons. The van der Waals surface area contributed by atoms with Crippen LogP contribution in [0.3, 0.4) is 0 Å². The molecule has 0 bridgehead atoms. The van der Waals surface area contributed by atoms with E-state index in [1.165, 1.54) is 0 Å². The molecular weight excluding hydrogens is 228 g/mol. The van der Waals surface area contributed by atoms with Crippen molar-refractivity contribution in [3.8, 4) is 0 Å². The van der Waals surface area contributed by atoms with E-state index in [2.05, 4.69) is 20.6 Å². The summed E-state index contributed by atoms with van der Waals surface area (Å²) in [6.07, 6.45) is 6.96. The Balaban J connectivity index is 1.60. The van der Waals surface area contributed by atoms with E-state index in [1.807, 2.05) is 19.3 Å². The first-order valence-electron chi connectivity index (χ1n) is 6.66. The van der Waals surface area contributed by atoms with Gasteiger partial charge in [0.2, 0.25) is 5.95 Å². The second-order valence-electron chi connectivity index (χ2n) is 5.37. The normalized spacial score (nSPS) is 26.4. The minimum atomic E-state index is 0.0909. The Morgan fingerprint density at radius 3 is 2.78 bits per heavy atom. The zero-order valence-corrected chi connectivity index (χ0v) is 10.8. The van der Waals surface area contributed by atoms with Gasteiger partial charge in [-0.3, -0.25) is 0 Å². The van der Waals surface area contributed by atoms with Crippen LogP contribution in [0.5, 0.6) is 0 Å². The maximum atomic E-state index is 6.03. The third-order valence-electron chi connectivity index (χ3n) is 3.84. The monoisotopic (exact) mass is 248 g/mol. The molecule has 1 spiro atoms. The average molecular weight is 248 g/mol. The third kappa shape index (κ3) is 2.47. The van der Waals surface area contributed by atoms with Gasteiger partial charge in [0, 0.05) is 12.4 Å². The third-order valence-corrected chi connectivity index (χ3v) is 3.84. The van der Waals surface area contributed by atoms with E-state index in [9.17, 15) is 0 Å². The number of ether oxygens (including phenoxy) is 1. The second-order valence-corrected chi connectivity index (χ2v) is 5.37. The van der Waals surface area contributed by atoms with Gasteiger partial charge in [-0.1, -0.05) is 0 Å². The Morgan fingerprint density at radius 2 is 2.06 bits per heavy atom. The number of hydrogen-bond acceptors (Lipinski definition) is 5. The quantitative estimate of drug-likeness (QED) is 0.821. The van der Waals surface area contributed by atoms with Gasteiger partial charge in [-0.25, -0.2) is 9.97 Å². The first-order valence-corrected chi connectivity index (χ1v) is 6.66. The molecule has 0 aliphatic carbocycles. The van der Waals surface area contributed by atoms with E-state index in [1.54, 1.807) is 0 Å². The summed E-state index contributed by atoms with van der Waals surface area (Å²) in [7, 11) is 0. The number of aryl methyl sites for hydroxylation is 1. The fourth-order valence-corrected chi connectivity index (χ4v) is 2.82. The SMILES string of the molecule is Cc1cnc(N[C@@H]2COC3(CCNCC3)C2)nc1. The average Bonchev–Trinajstić information content (AvgIpc) is 2.76. The van der Waals surface area contributed by atoms with Crippen LogP contribution in [-0.2, 0) is 4.74 Å². The predicted molar refractivity (Wildman–Crippen MR) is 69.6 cm³/mol. The lowest BCUT2D eigenvalue weighted by atomic mass is 9.88. The molecule has 2 fully saturated rings. The Kier molecular flexibility index (Phi) is 3.18. The lowest BCUT2D eigenvalue weighted by Crippen LogP contribution is -2.41. The van der Waals surface area contributed by atoms with Crippen molar-refractivity contribution in [1.82, 2.24) is 15.3 Å². The summed E-state index contributed by atoms with van der Waals surface area (Å²) in [5.41, 5.74) is 1.17. The fraction of sp³-hybridized carbons (Fsp3) is 0.692. The van der Waals surface area contributed by atoms with Crippen molar-refractivity contribution >= 4 is 5.95 Å². The highest BCUT2D eigenvalue weighted by Crippen LogP contribution is 2.34. The van der Waals surface area contributed by atoms with Gasteiger partial charge < -0.3 is 15.4 Å². The molecule has 0 aromatic carbocycles. The van der Waals surface area contributed by atoms with Gasteiger partial charge in [0.15, 0.2) is 0 Å². The van der Waals surface area contributed by atoms with E-state index in [-0.39, 0.29) is 5.60 Å². The maximum absolute atomic E-state index is 6.03. The molecule has 2 saturated heterocycles. The molecule has 1 aromatic heterocycles. The van der Waals surface area contributed by atoms with E-state index in [4.69, 9.17) is 4.74 Å². The molecule has 0 unspecified atom stereocenters. The fourth-order valence-electron chi connectivity index (χ4n) is 2.82. The Labute approximate surface area is 107 Å². The van der Waals surface area contributed by atoms with Crippen LogP contribution in [0.15, 0.2) is 12.4 Å². The Bertz CT molecular complexity index is 400. The predicted octanol–water partition coefficient (Wildman–Crippen LogP) is 1.11. The second kappa shape index (κ2) is 4.82. The van der Waals surface area contributed by atoms with E-state index < -0.39 is 0 Å². The van der Waals surface area contributed by atoms with Crippen LogP contribution in [0, 0.1) is 6.92 Å². The zero-order chi connectivity index (χ0) is 12.4. The first-order chi connectivity index (χ1) is 8.76. The van der Waals surface area contributed by atoms with Crippen LogP contribution < -0.4 is 10.6 Å². The topological polar surface area (TPSA) is 59.1 Å². The first kappa shape index (κ1) is 11.9. The highest BCUT2D eigenvalue weighted by Gasteiger charge is 2.41. The molecule has 5 nitrogen and oxygen atoms in total. The molecule has 2 aliphatic heterocycles. The number of rotatable bonds is 2. The lowest BCUT2D eigenvalue weighted by molar-refractivity contribution is -0.0192. The van der Waals surface area contributed by atoms with Crippen molar-refractivity contribution in [2.24, 2.45) is 0 Å². The molecule has 1 atom stereocenters. The van der Waals surface area contributed by atoms with Gasteiger partial charge in [0.1, 0.15) is 0 Å². The molecule has 98 valence electrons. The minimum absolute atomic E-state index is 0.0909. The summed E-state index contributed by atoms with van der Waals surface area (Å²) in [4.78, 5) is 8.57. The molecular formula is C13H20N4O. The van der Waals surface area contributed by atoms with Crippen molar-refractivity contribution in [1.29, 1.82) is 0 Å². The molecule has 3 heterocycles. The van der Waals surface area contributed by atoms with Crippen LogP contribution in [-0.4, -0.2) is 41.3 Å². The van der Waals surface area contributed by atoms with Crippen molar-refractivity contribution in [3.05, 3.63) is 18.0 Å². The summed E-state index contributed by atoms with van der Waals surface area (Å²) >= 11 is 0. The van der Waals surface area contributed by atoms with Gasteiger partial charge in [-0.05, 0) is 44.8 Å². The summed E-state index contributed by atoms with van der Waals surface area (Å²) in [6.45, 7) is 4.88.